The van der Waals surface area contributed by atoms with E-state index in [9.17, 15) is 18.0 Å². The maximum Gasteiger partial charge on any atom is 0.416 e. The Balaban J connectivity index is 2.66. The van der Waals surface area contributed by atoms with Crippen LogP contribution in [0, 0.1) is 0 Å². The zero-order valence-electron chi connectivity index (χ0n) is 9.46. The lowest BCUT2D eigenvalue weighted by molar-refractivity contribution is -0.201. The Labute approximate surface area is 106 Å². The van der Waals surface area contributed by atoms with E-state index >= 15 is 0 Å². The van der Waals surface area contributed by atoms with Crippen molar-refractivity contribution in [2.24, 2.45) is 0 Å². The van der Waals surface area contributed by atoms with E-state index in [4.69, 9.17) is 16.7 Å². The summed E-state index contributed by atoms with van der Waals surface area (Å²) in [5.41, 5.74) is 0.150. The number of halogens is 4. The fourth-order valence-corrected chi connectivity index (χ4v) is 1.54. The third-order valence-corrected chi connectivity index (χ3v) is 2.48. The number of aliphatic hydroxyl groups excluding tert-OH is 1. The lowest BCUT2D eigenvalue weighted by atomic mass is 10.3. The fraction of sp³-hybridized carbons (Fsp3) is 0.500. The third-order valence-electron chi connectivity index (χ3n) is 2.27. The van der Waals surface area contributed by atoms with Crippen LogP contribution in [0.3, 0.4) is 0 Å². The van der Waals surface area contributed by atoms with Crippen LogP contribution in [-0.2, 0) is 6.54 Å². The zero-order valence-corrected chi connectivity index (χ0v) is 10.2. The van der Waals surface area contributed by atoms with Crippen molar-refractivity contribution < 1.29 is 23.1 Å². The third kappa shape index (κ3) is 3.64. The molecule has 0 aliphatic carbocycles. The van der Waals surface area contributed by atoms with Crippen molar-refractivity contribution in [1.29, 1.82) is 0 Å². The van der Waals surface area contributed by atoms with Gasteiger partial charge in [-0.05, 0) is 13.0 Å². The molecule has 0 spiro atoms. The number of nitrogens with zero attached hydrogens (tertiary/aromatic N) is 1. The second-order valence-corrected chi connectivity index (χ2v) is 4.03. The number of carbonyl (C=O) groups is 1. The van der Waals surface area contributed by atoms with Gasteiger partial charge in [0.25, 0.3) is 5.91 Å². The molecular weight excluding hydrogens is 273 g/mol. The number of amides is 1. The number of hydrogen-bond acceptors (Lipinski definition) is 2. The molecule has 1 heterocycles. The molecule has 102 valence electrons. The van der Waals surface area contributed by atoms with Crippen molar-refractivity contribution in [2.45, 2.75) is 25.7 Å². The van der Waals surface area contributed by atoms with E-state index in [0.717, 1.165) is 0 Å². The molecule has 0 radical (unpaired) electrons. The summed E-state index contributed by atoms with van der Waals surface area (Å²) in [6, 6.07) is 1.35. The van der Waals surface area contributed by atoms with E-state index < -0.39 is 24.7 Å². The van der Waals surface area contributed by atoms with Gasteiger partial charge in [0, 0.05) is 12.7 Å². The summed E-state index contributed by atoms with van der Waals surface area (Å²) in [5.74, 6) is -0.716. The SMILES string of the molecule is CCn1cc(Cl)cc1C(=O)NCC(O)C(F)(F)F. The first-order valence-electron chi connectivity index (χ1n) is 5.14. The van der Waals surface area contributed by atoms with E-state index in [-0.39, 0.29) is 5.69 Å². The van der Waals surface area contributed by atoms with Crippen LogP contribution in [0.15, 0.2) is 12.3 Å². The summed E-state index contributed by atoms with van der Waals surface area (Å²) < 4.78 is 37.6. The van der Waals surface area contributed by atoms with Gasteiger partial charge in [0.05, 0.1) is 11.6 Å². The van der Waals surface area contributed by atoms with E-state index in [1.807, 2.05) is 5.32 Å². The van der Waals surface area contributed by atoms with Gasteiger partial charge in [0.15, 0.2) is 6.10 Å². The molecule has 1 unspecified atom stereocenters. The molecule has 4 nitrogen and oxygen atoms in total. The molecule has 1 rings (SSSR count). The van der Waals surface area contributed by atoms with Gasteiger partial charge in [0.2, 0.25) is 0 Å². The standard InChI is InChI=1S/C10H12ClF3N2O2/c1-2-16-5-6(11)3-7(16)9(18)15-4-8(17)10(12,13)14/h3,5,8,17H,2,4H2,1H3,(H,15,18). The molecule has 1 aromatic heterocycles. The van der Waals surface area contributed by atoms with E-state index in [2.05, 4.69) is 0 Å². The summed E-state index contributed by atoms with van der Waals surface area (Å²) in [6.07, 6.45) is -5.84. The quantitative estimate of drug-likeness (QED) is 0.886. The summed E-state index contributed by atoms with van der Waals surface area (Å²) in [4.78, 5) is 11.6. The summed E-state index contributed by atoms with van der Waals surface area (Å²) in [5, 5.41) is 11.1. The second kappa shape index (κ2) is 5.62. The molecule has 0 aromatic carbocycles. The van der Waals surface area contributed by atoms with Gasteiger partial charge in [-0.15, -0.1) is 0 Å². The van der Waals surface area contributed by atoms with Gasteiger partial charge < -0.3 is 15.0 Å². The first-order valence-corrected chi connectivity index (χ1v) is 5.52. The number of aryl methyl sites for hydroxylation is 1. The minimum atomic E-state index is -4.75. The highest BCUT2D eigenvalue weighted by atomic mass is 35.5. The van der Waals surface area contributed by atoms with Gasteiger partial charge in [0.1, 0.15) is 5.69 Å². The maximum absolute atomic E-state index is 12.0. The van der Waals surface area contributed by atoms with Crippen LogP contribution in [0.4, 0.5) is 13.2 Å². The Morgan fingerprint density at radius 2 is 2.22 bits per heavy atom. The van der Waals surface area contributed by atoms with Crippen molar-refractivity contribution in [1.82, 2.24) is 9.88 Å². The van der Waals surface area contributed by atoms with Gasteiger partial charge >= 0.3 is 6.18 Å². The number of aliphatic hydroxyl groups is 1. The molecule has 2 N–H and O–H groups in total. The lowest BCUT2D eigenvalue weighted by Crippen LogP contribution is -2.41. The van der Waals surface area contributed by atoms with Crippen LogP contribution in [0.5, 0.6) is 0 Å². The number of alkyl halides is 3. The molecule has 0 saturated heterocycles. The second-order valence-electron chi connectivity index (χ2n) is 3.60. The Hall–Kier alpha value is -1.21. The Kier molecular flexibility index (Phi) is 4.64. The topological polar surface area (TPSA) is 54.3 Å². The van der Waals surface area contributed by atoms with Crippen LogP contribution < -0.4 is 5.32 Å². The van der Waals surface area contributed by atoms with Crippen LogP contribution >= 0.6 is 11.6 Å². The molecule has 0 bridgehead atoms. The normalized spacial score (nSPS) is 13.4. The van der Waals surface area contributed by atoms with E-state index in [1.54, 1.807) is 6.92 Å². The summed E-state index contributed by atoms with van der Waals surface area (Å²) in [6.45, 7) is 1.32. The van der Waals surface area contributed by atoms with Gasteiger partial charge in [-0.1, -0.05) is 11.6 Å². The Bertz CT molecular complexity index is 431. The molecular formula is C10H12ClF3N2O2. The molecule has 8 heteroatoms. The van der Waals surface area contributed by atoms with Crippen molar-refractivity contribution in [3.8, 4) is 0 Å². The van der Waals surface area contributed by atoms with Crippen molar-refractivity contribution in [2.75, 3.05) is 6.54 Å². The average molecular weight is 285 g/mol. The Morgan fingerprint density at radius 3 is 2.72 bits per heavy atom. The van der Waals surface area contributed by atoms with Crippen molar-refractivity contribution >= 4 is 17.5 Å². The molecule has 0 aliphatic rings. The predicted octanol–water partition coefficient (Wildman–Crippen LogP) is 1.81. The zero-order chi connectivity index (χ0) is 13.9. The number of rotatable bonds is 4. The molecule has 1 atom stereocenters. The van der Waals surface area contributed by atoms with Crippen LogP contribution in [0.2, 0.25) is 5.02 Å². The first-order chi connectivity index (χ1) is 8.25. The van der Waals surface area contributed by atoms with Crippen LogP contribution in [0.1, 0.15) is 17.4 Å². The summed E-state index contributed by atoms with van der Waals surface area (Å²) in [7, 11) is 0. The van der Waals surface area contributed by atoms with Crippen LogP contribution in [-0.4, -0.2) is 34.4 Å². The average Bonchev–Trinajstić information content (AvgIpc) is 2.65. The number of nitrogens with one attached hydrogen (secondary N) is 1. The van der Waals surface area contributed by atoms with Gasteiger partial charge in [-0.2, -0.15) is 13.2 Å². The predicted molar refractivity (Wildman–Crippen MR) is 59.5 cm³/mol. The molecule has 1 amide bonds. The molecule has 0 saturated carbocycles. The first kappa shape index (κ1) is 14.8. The highest BCUT2D eigenvalue weighted by Gasteiger charge is 2.38. The fourth-order valence-electron chi connectivity index (χ4n) is 1.32. The lowest BCUT2D eigenvalue weighted by Gasteiger charge is -2.15. The highest BCUT2D eigenvalue weighted by molar-refractivity contribution is 6.31. The van der Waals surface area contributed by atoms with Gasteiger partial charge in [-0.3, -0.25) is 4.79 Å². The molecule has 18 heavy (non-hydrogen) atoms. The van der Waals surface area contributed by atoms with Crippen molar-refractivity contribution in [3.05, 3.63) is 23.0 Å². The maximum atomic E-state index is 12.0. The minimum Gasteiger partial charge on any atom is -0.382 e. The minimum absolute atomic E-state index is 0.150. The van der Waals surface area contributed by atoms with E-state index in [0.29, 0.717) is 11.6 Å². The largest absolute Gasteiger partial charge is 0.416 e. The van der Waals surface area contributed by atoms with Crippen LogP contribution in [0.25, 0.3) is 0 Å². The molecule has 0 aliphatic heterocycles. The highest BCUT2D eigenvalue weighted by Crippen LogP contribution is 2.19. The Morgan fingerprint density at radius 1 is 1.61 bits per heavy atom. The summed E-state index contributed by atoms with van der Waals surface area (Å²) >= 11 is 5.69. The number of aromatic nitrogens is 1. The number of carbonyl (C=O) groups excluding carboxylic acids is 1. The van der Waals surface area contributed by atoms with Gasteiger partial charge in [-0.25, -0.2) is 0 Å². The van der Waals surface area contributed by atoms with Crippen molar-refractivity contribution in [3.63, 3.8) is 0 Å². The smallest absolute Gasteiger partial charge is 0.382 e. The monoisotopic (exact) mass is 284 g/mol. The molecule has 1 aromatic rings. The number of hydrogen-bond donors (Lipinski definition) is 2. The molecule has 0 fully saturated rings. The van der Waals surface area contributed by atoms with E-state index in [1.165, 1.54) is 16.8 Å².